The summed E-state index contributed by atoms with van der Waals surface area (Å²) >= 11 is 0. The molecule has 5 heteroatoms. The van der Waals surface area contributed by atoms with Gasteiger partial charge < -0.3 is 26.0 Å². The van der Waals surface area contributed by atoms with Crippen LogP contribution in [0.25, 0.3) is 0 Å². The van der Waals surface area contributed by atoms with Crippen molar-refractivity contribution in [2.75, 3.05) is 25.9 Å². The Hall–Kier alpha value is -1.30. The zero-order chi connectivity index (χ0) is 13.2. The molecule has 0 aliphatic carbocycles. The molecule has 0 aromatic heterocycles. The van der Waals surface area contributed by atoms with Gasteiger partial charge in [-0.25, -0.2) is 0 Å². The Morgan fingerprint density at radius 1 is 1.56 bits per heavy atom. The molecule has 0 unspecified atom stereocenters. The van der Waals surface area contributed by atoms with Gasteiger partial charge in [0.1, 0.15) is 5.75 Å². The van der Waals surface area contributed by atoms with Gasteiger partial charge >= 0.3 is 0 Å². The second kappa shape index (κ2) is 5.14. The lowest BCUT2D eigenvalue weighted by atomic mass is 9.83. The van der Waals surface area contributed by atoms with Crippen LogP contribution in [0.2, 0.25) is 0 Å². The van der Waals surface area contributed by atoms with Gasteiger partial charge in [-0.05, 0) is 30.7 Å². The van der Waals surface area contributed by atoms with E-state index in [2.05, 4.69) is 5.32 Å². The van der Waals surface area contributed by atoms with Gasteiger partial charge in [-0.2, -0.15) is 0 Å². The maximum Gasteiger partial charge on any atom is 0.142 e. The fourth-order valence-corrected chi connectivity index (χ4v) is 2.33. The molecule has 0 spiro atoms. The van der Waals surface area contributed by atoms with Crippen molar-refractivity contribution in [2.45, 2.75) is 24.5 Å². The van der Waals surface area contributed by atoms with Crippen LogP contribution in [0.3, 0.4) is 0 Å². The number of benzene rings is 1. The van der Waals surface area contributed by atoms with Gasteiger partial charge in [-0.15, -0.1) is 0 Å². The van der Waals surface area contributed by atoms with Crippen molar-refractivity contribution >= 4 is 5.69 Å². The van der Waals surface area contributed by atoms with E-state index in [0.717, 1.165) is 5.56 Å². The second-order valence-electron chi connectivity index (χ2n) is 4.83. The number of anilines is 1. The van der Waals surface area contributed by atoms with E-state index in [1.54, 1.807) is 13.2 Å². The predicted octanol–water partition coefficient (Wildman–Crippen LogP) is -0.0948. The largest absolute Gasteiger partial charge is 0.495 e. The van der Waals surface area contributed by atoms with E-state index >= 15 is 0 Å². The molecule has 5 N–H and O–H groups in total. The molecular formula is C13H20N2O3. The first-order valence-electron chi connectivity index (χ1n) is 6.09. The minimum atomic E-state index is -1.08. The van der Waals surface area contributed by atoms with Crippen LogP contribution in [0.1, 0.15) is 12.0 Å². The highest BCUT2D eigenvalue weighted by molar-refractivity contribution is 5.54. The lowest BCUT2D eigenvalue weighted by molar-refractivity contribution is -0.0911. The smallest absolute Gasteiger partial charge is 0.142 e. The van der Waals surface area contributed by atoms with Crippen molar-refractivity contribution in [3.8, 4) is 5.75 Å². The number of piperidine rings is 1. The fourth-order valence-electron chi connectivity index (χ4n) is 2.33. The second-order valence-corrected chi connectivity index (χ2v) is 4.83. The molecule has 0 radical (unpaired) electrons. The Morgan fingerprint density at radius 2 is 2.33 bits per heavy atom. The average Bonchev–Trinajstić information content (AvgIpc) is 2.36. The Balaban J connectivity index is 2.17. The molecule has 0 saturated carbocycles. The van der Waals surface area contributed by atoms with Crippen molar-refractivity contribution in [2.24, 2.45) is 0 Å². The third kappa shape index (κ3) is 2.58. The molecule has 18 heavy (non-hydrogen) atoms. The molecule has 2 rings (SSSR count). The van der Waals surface area contributed by atoms with Crippen molar-refractivity contribution < 1.29 is 14.9 Å². The van der Waals surface area contributed by atoms with Crippen LogP contribution < -0.4 is 15.8 Å². The summed E-state index contributed by atoms with van der Waals surface area (Å²) in [6.45, 7) is 1.13. The summed E-state index contributed by atoms with van der Waals surface area (Å²) in [5.41, 5.74) is 6.15. The van der Waals surface area contributed by atoms with E-state index < -0.39 is 11.7 Å². The maximum atomic E-state index is 10.5. The Labute approximate surface area is 107 Å². The zero-order valence-electron chi connectivity index (χ0n) is 10.5. The number of nitrogen functional groups attached to an aromatic ring is 1. The number of nitrogens with one attached hydrogen (secondary N) is 1. The highest BCUT2D eigenvalue weighted by Gasteiger charge is 2.37. The molecule has 5 nitrogen and oxygen atoms in total. The summed E-state index contributed by atoms with van der Waals surface area (Å²) in [4.78, 5) is 0. The normalized spacial score (nSPS) is 28.1. The third-order valence-electron chi connectivity index (χ3n) is 3.50. The standard InChI is InChI=1S/C13H20N2O3/c1-18-11-6-9(2-3-10(11)14)7-13(17)4-5-15-8-12(13)16/h2-3,6,12,15-17H,4-5,7-8,14H2,1H3/t12-,13+/m0/s1. The number of hydrogen-bond acceptors (Lipinski definition) is 5. The van der Waals surface area contributed by atoms with Gasteiger partial charge in [0.15, 0.2) is 0 Å². The van der Waals surface area contributed by atoms with Gasteiger partial charge in [0.2, 0.25) is 0 Å². The molecule has 1 aliphatic rings. The minimum Gasteiger partial charge on any atom is -0.495 e. The first-order valence-corrected chi connectivity index (χ1v) is 6.09. The molecule has 1 saturated heterocycles. The number of methoxy groups -OCH3 is 1. The number of ether oxygens (including phenoxy) is 1. The number of aliphatic hydroxyl groups excluding tert-OH is 1. The Bertz CT molecular complexity index is 425. The van der Waals surface area contributed by atoms with Crippen LogP contribution in [-0.4, -0.2) is 42.1 Å². The third-order valence-corrected chi connectivity index (χ3v) is 3.50. The van der Waals surface area contributed by atoms with Crippen LogP contribution in [0, 0.1) is 0 Å². The summed E-state index contributed by atoms with van der Waals surface area (Å²) in [5.74, 6) is 0.597. The van der Waals surface area contributed by atoms with Crippen molar-refractivity contribution in [1.82, 2.24) is 5.32 Å². The predicted molar refractivity (Wildman–Crippen MR) is 69.6 cm³/mol. The number of β-amino-alcohol motifs (C(OH)–C–C–N with tert-alkyl or cyclic N) is 1. The highest BCUT2D eigenvalue weighted by Crippen LogP contribution is 2.28. The topological polar surface area (TPSA) is 87.7 Å². The van der Waals surface area contributed by atoms with Crippen LogP contribution in [0.5, 0.6) is 5.75 Å². The number of rotatable bonds is 3. The molecule has 1 fully saturated rings. The molecular weight excluding hydrogens is 232 g/mol. The monoisotopic (exact) mass is 252 g/mol. The van der Waals surface area contributed by atoms with E-state index in [-0.39, 0.29) is 0 Å². The van der Waals surface area contributed by atoms with E-state index in [1.165, 1.54) is 0 Å². The Kier molecular flexibility index (Phi) is 3.75. The molecule has 0 bridgehead atoms. The average molecular weight is 252 g/mol. The summed E-state index contributed by atoms with van der Waals surface area (Å²) in [7, 11) is 1.56. The zero-order valence-corrected chi connectivity index (χ0v) is 10.5. The van der Waals surface area contributed by atoms with Gasteiger partial charge in [0.05, 0.1) is 24.5 Å². The lowest BCUT2D eigenvalue weighted by Gasteiger charge is -2.37. The van der Waals surface area contributed by atoms with E-state index in [4.69, 9.17) is 10.5 Å². The quantitative estimate of drug-likeness (QED) is 0.565. The molecule has 1 heterocycles. The highest BCUT2D eigenvalue weighted by atomic mass is 16.5. The van der Waals surface area contributed by atoms with E-state index in [0.29, 0.717) is 37.4 Å². The van der Waals surface area contributed by atoms with Crippen LogP contribution in [-0.2, 0) is 6.42 Å². The van der Waals surface area contributed by atoms with Gasteiger partial charge in [0.25, 0.3) is 0 Å². The summed E-state index contributed by atoms with van der Waals surface area (Å²) in [5, 5.41) is 23.4. The van der Waals surface area contributed by atoms with Gasteiger partial charge in [-0.1, -0.05) is 6.07 Å². The van der Waals surface area contributed by atoms with Gasteiger partial charge in [0, 0.05) is 13.0 Å². The van der Waals surface area contributed by atoms with Crippen LogP contribution in [0.15, 0.2) is 18.2 Å². The molecule has 1 aromatic carbocycles. The SMILES string of the molecule is COc1cc(C[C@]2(O)CCNC[C@@H]2O)ccc1N. The summed E-state index contributed by atoms with van der Waals surface area (Å²) in [6.07, 6.45) is 0.169. The minimum absolute atomic E-state index is 0.395. The van der Waals surface area contributed by atoms with Crippen LogP contribution >= 0.6 is 0 Å². The first-order chi connectivity index (χ1) is 8.55. The molecule has 2 atom stereocenters. The Morgan fingerprint density at radius 3 is 3.00 bits per heavy atom. The number of aliphatic hydroxyl groups is 2. The number of nitrogens with two attached hydrogens (primary N) is 1. The molecule has 1 aliphatic heterocycles. The van der Waals surface area contributed by atoms with Crippen molar-refractivity contribution in [3.63, 3.8) is 0 Å². The van der Waals surface area contributed by atoms with Crippen molar-refractivity contribution in [1.29, 1.82) is 0 Å². The summed E-state index contributed by atoms with van der Waals surface area (Å²) < 4.78 is 5.15. The van der Waals surface area contributed by atoms with E-state index in [1.807, 2.05) is 12.1 Å². The van der Waals surface area contributed by atoms with E-state index in [9.17, 15) is 10.2 Å². The molecule has 0 amide bonds. The number of hydrogen-bond donors (Lipinski definition) is 4. The molecule has 1 aromatic rings. The van der Waals surface area contributed by atoms with Crippen LogP contribution in [0.4, 0.5) is 5.69 Å². The summed E-state index contributed by atoms with van der Waals surface area (Å²) in [6, 6.07) is 5.41. The lowest BCUT2D eigenvalue weighted by Crippen LogP contribution is -2.55. The molecule has 100 valence electrons. The van der Waals surface area contributed by atoms with Crippen molar-refractivity contribution in [3.05, 3.63) is 23.8 Å². The first kappa shape index (κ1) is 13.1. The maximum absolute atomic E-state index is 10.5. The van der Waals surface area contributed by atoms with Gasteiger partial charge in [-0.3, -0.25) is 0 Å². The fraction of sp³-hybridized carbons (Fsp3) is 0.538.